The molecule has 1 N–H and O–H groups in total. The summed E-state index contributed by atoms with van der Waals surface area (Å²) in [5.41, 5.74) is 1.56. The van der Waals surface area contributed by atoms with Crippen molar-refractivity contribution >= 4 is 17.3 Å². The zero-order valence-electron chi connectivity index (χ0n) is 13.7. The number of benzene rings is 2. The maximum Gasteiger partial charge on any atom is 0.293 e. The van der Waals surface area contributed by atoms with Crippen molar-refractivity contribution in [1.82, 2.24) is 0 Å². The molecule has 2 aromatic rings. The Morgan fingerprint density at radius 3 is 2.33 bits per heavy atom. The third-order valence-electron chi connectivity index (χ3n) is 3.60. The van der Waals surface area contributed by atoms with Crippen molar-refractivity contribution in [3.8, 4) is 11.5 Å². The predicted molar refractivity (Wildman–Crippen MR) is 89.7 cm³/mol. The number of amides is 1. The minimum Gasteiger partial charge on any atom is -0.497 e. The normalized spacial score (nSPS) is 10.1. The minimum absolute atomic E-state index is 0.143. The second-order valence-corrected chi connectivity index (χ2v) is 5.17. The highest BCUT2D eigenvalue weighted by Crippen LogP contribution is 2.30. The molecule has 7 heteroatoms. The molecule has 0 heterocycles. The lowest BCUT2D eigenvalue weighted by Gasteiger charge is -2.12. The molecule has 0 aliphatic heterocycles. The topological polar surface area (TPSA) is 90.7 Å². The summed E-state index contributed by atoms with van der Waals surface area (Å²) in [5, 5.41) is 13.7. The summed E-state index contributed by atoms with van der Waals surface area (Å²) in [5.74, 6) is 0.710. The van der Waals surface area contributed by atoms with Gasteiger partial charge in [-0.3, -0.25) is 14.9 Å². The monoisotopic (exact) mass is 330 g/mol. The average Bonchev–Trinajstić information content (AvgIpc) is 2.57. The first kappa shape index (κ1) is 17.3. The molecule has 0 aromatic heterocycles. The number of methoxy groups -OCH3 is 1. The van der Waals surface area contributed by atoms with Crippen LogP contribution in [0.1, 0.15) is 11.1 Å². The third-order valence-corrected chi connectivity index (χ3v) is 3.60. The number of carbonyl (C=O) groups excluding carboxylic acids is 1. The van der Waals surface area contributed by atoms with Crippen LogP contribution in [-0.4, -0.2) is 24.5 Å². The van der Waals surface area contributed by atoms with E-state index in [-0.39, 0.29) is 18.0 Å². The Kier molecular flexibility index (Phi) is 5.36. The molecule has 24 heavy (non-hydrogen) atoms. The van der Waals surface area contributed by atoms with Crippen LogP contribution in [0.2, 0.25) is 0 Å². The van der Waals surface area contributed by atoms with E-state index in [1.54, 1.807) is 44.4 Å². The number of rotatable bonds is 6. The lowest BCUT2D eigenvalue weighted by atomic mass is 10.1. The van der Waals surface area contributed by atoms with Crippen molar-refractivity contribution in [1.29, 1.82) is 0 Å². The molecular weight excluding hydrogens is 312 g/mol. The number of nitro benzene ring substituents is 1. The number of hydrogen-bond donors (Lipinski definition) is 1. The minimum atomic E-state index is -0.521. The van der Waals surface area contributed by atoms with E-state index in [1.165, 1.54) is 6.07 Å². The van der Waals surface area contributed by atoms with Crippen LogP contribution >= 0.6 is 0 Å². The Morgan fingerprint density at radius 2 is 1.75 bits per heavy atom. The SMILES string of the molecule is COc1ccc(OCC(=O)Nc2c([N+](=O)[O-])ccc(C)c2C)cc1. The largest absolute Gasteiger partial charge is 0.497 e. The molecule has 0 spiro atoms. The lowest BCUT2D eigenvalue weighted by molar-refractivity contribution is -0.384. The lowest BCUT2D eigenvalue weighted by Crippen LogP contribution is -2.21. The maximum atomic E-state index is 12.1. The second-order valence-electron chi connectivity index (χ2n) is 5.17. The molecule has 0 atom stereocenters. The van der Waals surface area contributed by atoms with E-state index in [0.29, 0.717) is 17.1 Å². The zero-order valence-corrected chi connectivity index (χ0v) is 13.7. The van der Waals surface area contributed by atoms with E-state index >= 15 is 0 Å². The number of ether oxygens (including phenoxy) is 2. The van der Waals surface area contributed by atoms with Gasteiger partial charge in [-0.15, -0.1) is 0 Å². The highest BCUT2D eigenvalue weighted by molar-refractivity contribution is 5.95. The van der Waals surface area contributed by atoms with E-state index in [1.807, 2.05) is 6.92 Å². The van der Waals surface area contributed by atoms with Gasteiger partial charge in [0.1, 0.15) is 17.2 Å². The van der Waals surface area contributed by atoms with E-state index in [9.17, 15) is 14.9 Å². The van der Waals surface area contributed by atoms with Gasteiger partial charge in [-0.2, -0.15) is 0 Å². The molecule has 0 bridgehead atoms. The van der Waals surface area contributed by atoms with Gasteiger partial charge in [0.05, 0.1) is 12.0 Å². The summed E-state index contributed by atoms with van der Waals surface area (Å²) >= 11 is 0. The number of nitrogens with zero attached hydrogens (tertiary/aromatic N) is 1. The molecule has 0 aliphatic rings. The third kappa shape index (κ3) is 4.01. The van der Waals surface area contributed by atoms with E-state index < -0.39 is 10.8 Å². The van der Waals surface area contributed by atoms with Gasteiger partial charge in [-0.25, -0.2) is 0 Å². The Morgan fingerprint density at radius 1 is 1.12 bits per heavy atom. The van der Waals surface area contributed by atoms with Crippen LogP contribution in [0.25, 0.3) is 0 Å². The molecule has 0 saturated carbocycles. The first-order valence-corrected chi connectivity index (χ1v) is 7.23. The molecule has 0 saturated heterocycles. The number of aryl methyl sites for hydroxylation is 1. The highest BCUT2D eigenvalue weighted by atomic mass is 16.6. The van der Waals surface area contributed by atoms with Gasteiger partial charge in [-0.05, 0) is 49.2 Å². The van der Waals surface area contributed by atoms with Crippen LogP contribution in [0.15, 0.2) is 36.4 Å². The van der Waals surface area contributed by atoms with Crippen molar-refractivity contribution in [3.63, 3.8) is 0 Å². The first-order valence-electron chi connectivity index (χ1n) is 7.23. The fourth-order valence-electron chi connectivity index (χ4n) is 2.11. The average molecular weight is 330 g/mol. The summed E-state index contributed by atoms with van der Waals surface area (Å²) in [7, 11) is 1.56. The van der Waals surface area contributed by atoms with E-state index in [2.05, 4.69) is 5.32 Å². The molecule has 0 aliphatic carbocycles. The van der Waals surface area contributed by atoms with Crippen molar-refractivity contribution < 1.29 is 19.2 Å². The van der Waals surface area contributed by atoms with E-state index in [4.69, 9.17) is 9.47 Å². The van der Waals surface area contributed by atoms with Gasteiger partial charge >= 0.3 is 0 Å². The maximum absolute atomic E-state index is 12.1. The molecule has 126 valence electrons. The van der Waals surface area contributed by atoms with Crippen molar-refractivity contribution in [2.24, 2.45) is 0 Å². The van der Waals surface area contributed by atoms with Crippen LogP contribution < -0.4 is 14.8 Å². The Labute approximate surface area is 139 Å². The quantitative estimate of drug-likeness (QED) is 0.648. The van der Waals surface area contributed by atoms with Gasteiger partial charge in [0.15, 0.2) is 6.61 Å². The molecule has 0 radical (unpaired) electrons. The van der Waals surface area contributed by atoms with E-state index in [0.717, 1.165) is 5.56 Å². The smallest absolute Gasteiger partial charge is 0.293 e. The molecule has 0 fully saturated rings. The Balaban J connectivity index is 2.06. The highest BCUT2D eigenvalue weighted by Gasteiger charge is 2.19. The van der Waals surface area contributed by atoms with Gasteiger partial charge in [0, 0.05) is 6.07 Å². The van der Waals surface area contributed by atoms with Gasteiger partial charge in [0.25, 0.3) is 11.6 Å². The van der Waals surface area contributed by atoms with Crippen LogP contribution in [0.5, 0.6) is 11.5 Å². The zero-order chi connectivity index (χ0) is 17.7. The number of hydrogen-bond acceptors (Lipinski definition) is 5. The first-order chi connectivity index (χ1) is 11.4. The summed E-state index contributed by atoms with van der Waals surface area (Å²) in [6.45, 7) is 3.29. The van der Waals surface area contributed by atoms with Crippen molar-refractivity contribution in [3.05, 3.63) is 57.6 Å². The standard InChI is InChI=1S/C17H18N2O5/c1-11-4-9-15(19(21)22)17(12(11)2)18-16(20)10-24-14-7-5-13(23-3)6-8-14/h4-9H,10H2,1-3H3,(H,18,20). The number of nitrogens with one attached hydrogen (secondary N) is 1. The van der Waals surface area contributed by atoms with Crippen molar-refractivity contribution in [2.75, 3.05) is 19.0 Å². The number of nitro groups is 1. The van der Waals surface area contributed by atoms with Crippen LogP contribution in [0.4, 0.5) is 11.4 Å². The summed E-state index contributed by atoms with van der Waals surface area (Å²) < 4.78 is 10.4. The fraction of sp³-hybridized carbons (Fsp3) is 0.235. The van der Waals surface area contributed by atoms with Gasteiger partial charge in [-0.1, -0.05) is 6.07 Å². The molecule has 1 amide bonds. The predicted octanol–water partition coefficient (Wildman–Crippen LogP) is 3.24. The molecular formula is C17H18N2O5. The van der Waals surface area contributed by atoms with Crippen molar-refractivity contribution in [2.45, 2.75) is 13.8 Å². The fourth-order valence-corrected chi connectivity index (χ4v) is 2.11. The Hall–Kier alpha value is -3.09. The second kappa shape index (κ2) is 7.45. The number of anilines is 1. The van der Waals surface area contributed by atoms with Gasteiger partial charge < -0.3 is 14.8 Å². The van der Waals surface area contributed by atoms with Crippen LogP contribution in [0.3, 0.4) is 0 Å². The molecule has 7 nitrogen and oxygen atoms in total. The summed E-state index contributed by atoms with van der Waals surface area (Å²) in [6, 6.07) is 9.80. The van der Waals surface area contributed by atoms with Crippen LogP contribution in [0, 0.1) is 24.0 Å². The van der Waals surface area contributed by atoms with Crippen LogP contribution in [-0.2, 0) is 4.79 Å². The summed E-state index contributed by atoms with van der Waals surface area (Å²) in [6.07, 6.45) is 0. The number of carbonyl (C=O) groups is 1. The summed E-state index contributed by atoms with van der Waals surface area (Å²) in [4.78, 5) is 22.7. The van der Waals surface area contributed by atoms with Gasteiger partial charge in [0.2, 0.25) is 0 Å². The molecule has 2 aromatic carbocycles. The molecule has 0 unspecified atom stereocenters. The molecule has 2 rings (SSSR count). The Bertz CT molecular complexity index is 756.